The Labute approximate surface area is 106 Å². The van der Waals surface area contributed by atoms with Gasteiger partial charge in [0, 0.05) is 11.0 Å². The summed E-state index contributed by atoms with van der Waals surface area (Å²) in [6.45, 7) is 1.79. The predicted molar refractivity (Wildman–Crippen MR) is 64.4 cm³/mol. The molecule has 0 aromatic heterocycles. The van der Waals surface area contributed by atoms with Crippen LogP contribution >= 0.6 is 27.5 Å². The van der Waals surface area contributed by atoms with E-state index in [9.17, 15) is 9.18 Å². The summed E-state index contributed by atoms with van der Waals surface area (Å²) in [6.07, 6.45) is 0. The second kappa shape index (κ2) is 5.50. The third-order valence-electron chi connectivity index (χ3n) is 2.01. The first kappa shape index (κ1) is 13.3. The van der Waals surface area contributed by atoms with Crippen molar-refractivity contribution in [2.24, 2.45) is 5.92 Å². The van der Waals surface area contributed by atoms with Gasteiger partial charge in [-0.2, -0.15) is 0 Å². The van der Waals surface area contributed by atoms with Gasteiger partial charge in [0.15, 0.2) is 0 Å². The van der Waals surface area contributed by atoms with E-state index in [1.165, 1.54) is 12.1 Å². The average Bonchev–Trinajstić information content (AvgIpc) is 2.15. The summed E-state index contributed by atoms with van der Waals surface area (Å²) >= 11 is 8.97. The first-order valence-corrected chi connectivity index (χ1v) is 5.70. The van der Waals surface area contributed by atoms with Crippen LogP contribution < -0.4 is 5.32 Å². The van der Waals surface area contributed by atoms with Crippen LogP contribution in [0.3, 0.4) is 0 Å². The SMILES string of the molecule is CC(CNc1c(Cl)cc(F)cc1Br)C(=O)O. The number of nitrogens with one attached hydrogen (secondary N) is 1. The summed E-state index contributed by atoms with van der Waals surface area (Å²) in [7, 11) is 0. The fraction of sp³-hybridized carbons (Fsp3) is 0.300. The van der Waals surface area contributed by atoms with Gasteiger partial charge in [0.05, 0.1) is 16.6 Å². The number of carboxylic acids is 1. The fourth-order valence-electron chi connectivity index (χ4n) is 1.05. The van der Waals surface area contributed by atoms with E-state index in [1.54, 1.807) is 6.92 Å². The Morgan fingerprint density at radius 3 is 2.81 bits per heavy atom. The van der Waals surface area contributed by atoms with Crippen molar-refractivity contribution < 1.29 is 14.3 Å². The quantitative estimate of drug-likeness (QED) is 0.896. The number of carbonyl (C=O) groups is 1. The monoisotopic (exact) mass is 309 g/mol. The first-order chi connectivity index (χ1) is 7.41. The van der Waals surface area contributed by atoms with Gasteiger partial charge >= 0.3 is 5.97 Å². The van der Waals surface area contributed by atoms with Crippen LogP contribution in [0.4, 0.5) is 10.1 Å². The molecule has 0 aliphatic carbocycles. The van der Waals surface area contributed by atoms with Crippen molar-refractivity contribution in [2.45, 2.75) is 6.92 Å². The van der Waals surface area contributed by atoms with Crippen molar-refractivity contribution in [1.82, 2.24) is 0 Å². The molecular formula is C10H10BrClFNO2. The van der Waals surface area contributed by atoms with E-state index < -0.39 is 17.7 Å². The zero-order valence-corrected chi connectivity index (χ0v) is 10.8. The van der Waals surface area contributed by atoms with Gasteiger partial charge in [-0.1, -0.05) is 18.5 Å². The Bertz CT molecular complexity index is 391. The van der Waals surface area contributed by atoms with Gasteiger partial charge in [-0.25, -0.2) is 4.39 Å². The van der Waals surface area contributed by atoms with Gasteiger partial charge in [0.2, 0.25) is 0 Å². The highest BCUT2D eigenvalue weighted by Crippen LogP contribution is 2.31. The lowest BCUT2D eigenvalue weighted by molar-refractivity contribution is -0.140. The molecule has 1 atom stereocenters. The molecule has 16 heavy (non-hydrogen) atoms. The molecule has 0 radical (unpaired) electrons. The molecule has 0 bridgehead atoms. The van der Waals surface area contributed by atoms with Gasteiger partial charge in [-0.3, -0.25) is 4.79 Å². The van der Waals surface area contributed by atoms with Crippen molar-refractivity contribution in [3.8, 4) is 0 Å². The van der Waals surface area contributed by atoms with Crippen molar-refractivity contribution in [2.75, 3.05) is 11.9 Å². The Morgan fingerprint density at radius 1 is 1.69 bits per heavy atom. The van der Waals surface area contributed by atoms with Gasteiger partial charge in [0.1, 0.15) is 5.82 Å². The molecule has 0 saturated heterocycles. The average molecular weight is 311 g/mol. The Balaban J connectivity index is 2.78. The number of benzene rings is 1. The number of aliphatic carboxylic acids is 1. The van der Waals surface area contributed by atoms with E-state index in [2.05, 4.69) is 21.2 Å². The standard InChI is InChI=1S/C10H10BrClFNO2/c1-5(10(15)16)4-14-9-7(11)2-6(13)3-8(9)12/h2-3,5,14H,4H2,1H3,(H,15,16). The molecule has 0 heterocycles. The molecule has 1 unspecified atom stereocenters. The molecule has 88 valence electrons. The molecular weight excluding hydrogens is 300 g/mol. The maximum atomic E-state index is 12.9. The smallest absolute Gasteiger partial charge is 0.308 e. The highest BCUT2D eigenvalue weighted by atomic mass is 79.9. The van der Waals surface area contributed by atoms with Crippen molar-refractivity contribution in [3.63, 3.8) is 0 Å². The minimum Gasteiger partial charge on any atom is -0.481 e. The van der Waals surface area contributed by atoms with Crippen LogP contribution in [0, 0.1) is 11.7 Å². The van der Waals surface area contributed by atoms with Crippen LogP contribution in [0.5, 0.6) is 0 Å². The maximum absolute atomic E-state index is 12.9. The zero-order valence-electron chi connectivity index (χ0n) is 8.43. The Kier molecular flexibility index (Phi) is 4.56. The van der Waals surface area contributed by atoms with Gasteiger partial charge < -0.3 is 10.4 Å². The third kappa shape index (κ3) is 3.35. The molecule has 2 N–H and O–H groups in total. The Morgan fingerprint density at radius 2 is 2.31 bits per heavy atom. The van der Waals surface area contributed by atoms with Crippen LogP contribution in [0.2, 0.25) is 5.02 Å². The third-order valence-corrected chi connectivity index (χ3v) is 2.94. The topological polar surface area (TPSA) is 49.3 Å². The Hall–Kier alpha value is -0.810. The molecule has 0 saturated carbocycles. The molecule has 0 spiro atoms. The number of halogens is 3. The van der Waals surface area contributed by atoms with Gasteiger partial charge in [0.25, 0.3) is 0 Å². The van der Waals surface area contributed by atoms with E-state index in [0.29, 0.717) is 10.2 Å². The first-order valence-electron chi connectivity index (χ1n) is 4.53. The van der Waals surface area contributed by atoms with Crippen LogP contribution in [-0.2, 0) is 4.79 Å². The lowest BCUT2D eigenvalue weighted by Crippen LogP contribution is -2.19. The van der Waals surface area contributed by atoms with E-state index in [0.717, 1.165) is 0 Å². The number of anilines is 1. The second-order valence-electron chi connectivity index (χ2n) is 3.36. The van der Waals surface area contributed by atoms with Gasteiger partial charge in [-0.15, -0.1) is 0 Å². The number of hydrogen-bond donors (Lipinski definition) is 2. The highest BCUT2D eigenvalue weighted by Gasteiger charge is 2.13. The number of carboxylic acid groups (broad SMARTS) is 1. The molecule has 1 aromatic rings. The summed E-state index contributed by atoms with van der Waals surface area (Å²) in [4.78, 5) is 10.6. The lowest BCUT2D eigenvalue weighted by Gasteiger charge is -2.12. The fourth-order valence-corrected chi connectivity index (χ4v) is 2.01. The largest absolute Gasteiger partial charge is 0.481 e. The van der Waals surface area contributed by atoms with E-state index in [4.69, 9.17) is 16.7 Å². The molecule has 0 fully saturated rings. The molecule has 0 amide bonds. The van der Waals surface area contributed by atoms with Crippen LogP contribution in [-0.4, -0.2) is 17.6 Å². The zero-order chi connectivity index (χ0) is 12.3. The molecule has 0 aliphatic heterocycles. The second-order valence-corrected chi connectivity index (χ2v) is 4.63. The summed E-state index contributed by atoms with van der Waals surface area (Å²) in [6, 6.07) is 2.43. The van der Waals surface area contributed by atoms with Crippen molar-refractivity contribution in [1.29, 1.82) is 0 Å². The molecule has 1 rings (SSSR count). The lowest BCUT2D eigenvalue weighted by atomic mass is 10.2. The molecule has 1 aromatic carbocycles. The normalized spacial score (nSPS) is 12.2. The molecule has 0 aliphatic rings. The molecule has 3 nitrogen and oxygen atoms in total. The van der Waals surface area contributed by atoms with Gasteiger partial charge in [-0.05, 0) is 28.1 Å². The minimum atomic E-state index is -0.901. The number of rotatable bonds is 4. The minimum absolute atomic E-state index is 0.212. The van der Waals surface area contributed by atoms with Crippen molar-refractivity contribution in [3.05, 3.63) is 27.4 Å². The molecule has 6 heteroatoms. The highest BCUT2D eigenvalue weighted by molar-refractivity contribution is 9.10. The maximum Gasteiger partial charge on any atom is 0.308 e. The van der Waals surface area contributed by atoms with E-state index in [1.807, 2.05) is 0 Å². The summed E-state index contributed by atoms with van der Waals surface area (Å²) in [5, 5.41) is 11.8. The van der Waals surface area contributed by atoms with Crippen LogP contribution in [0.15, 0.2) is 16.6 Å². The predicted octanol–water partition coefficient (Wildman–Crippen LogP) is 3.37. The van der Waals surface area contributed by atoms with Crippen LogP contribution in [0.1, 0.15) is 6.92 Å². The summed E-state index contributed by atoms with van der Waals surface area (Å²) in [5.74, 6) is -1.90. The van der Waals surface area contributed by atoms with E-state index >= 15 is 0 Å². The van der Waals surface area contributed by atoms with E-state index in [-0.39, 0.29) is 11.6 Å². The summed E-state index contributed by atoms with van der Waals surface area (Å²) < 4.78 is 13.4. The number of hydrogen-bond acceptors (Lipinski definition) is 2. The summed E-state index contributed by atoms with van der Waals surface area (Å²) in [5.41, 5.74) is 0.496. The van der Waals surface area contributed by atoms with Crippen LogP contribution in [0.25, 0.3) is 0 Å². The van der Waals surface area contributed by atoms with Crippen molar-refractivity contribution >= 4 is 39.2 Å².